The largest absolute Gasteiger partial charge is 0.384 e. The summed E-state index contributed by atoms with van der Waals surface area (Å²) in [6.07, 6.45) is 0.390. The summed E-state index contributed by atoms with van der Waals surface area (Å²) in [6, 6.07) is 13.3. The molecule has 1 heterocycles. The number of benzene rings is 2. The fourth-order valence-electron chi connectivity index (χ4n) is 4.46. The van der Waals surface area contributed by atoms with Gasteiger partial charge in [0, 0.05) is 35.1 Å². The number of likely N-dealkylation sites (tertiary alicyclic amines) is 1. The van der Waals surface area contributed by atoms with E-state index in [1.807, 2.05) is 52.0 Å². The number of carbonyl (C=O) groups is 2. The predicted molar refractivity (Wildman–Crippen MR) is 136 cm³/mol. The molecule has 1 aliphatic heterocycles. The molecule has 3 rings (SSSR count). The molecule has 0 radical (unpaired) electrons. The van der Waals surface area contributed by atoms with Crippen molar-refractivity contribution in [2.75, 3.05) is 13.1 Å². The number of nitrogens with zero attached hydrogens (tertiary/aromatic N) is 1. The summed E-state index contributed by atoms with van der Waals surface area (Å²) in [5.74, 6) is -0.253. The van der Waals surface area contributed by atoms with E-state index >= 15 is 0 Å². The quantitative estimate of drug-likeness (QED) is 0.518. The fourth-order valence-corrected chi connectivity index (χ4v) is 4.71. The highest BCUT2D eigenvalue weighted by Crippen LogP contribution is 2.46. The van der Waals surface area contributed by atoms with Crippen LogP contribution >= 0.6 is 23.2 Å². The number of rotatable bonds is 6. The van der Waals surface area contributed by atoms with Crippen LogP contribution in [0.3, 0.4) is 0 Å². The Morgan fingerprint density at radius 2 is 1.59 bits per heavy atom. The predicted octanol–water partition coefficient (Wildman–Crippen LogP) is 4.96. The van der Waals surface area contributed by atoms with Crippen molar-refractivity contribution in [3.63, 3.8) is 0 Å². The summed E-state index contributed by atoms with van der Waals surface area (Å²) in [5.41, 5.74) is -0.00147. The van der Waals surface area contributed by atoms with Crippen molar-refractivity contribution in [3.05, 3.63) is 69.7 Å². The lowest BCUT2D eigenvalue weighted by molar-refractivity contribution is -0.155. The van der Waals surface area contributed by atoms with Crippen molar-refractivity contribution in [1.82, 2.24) is 15.5 Å². The maximum atomic E-state index is 13.4. The Bertz CT molecular complexity index is 1010. The van der Waals surface area contributed by atoms with Crippen LogP contribution in [0.5, 0.6) is 0 Å². The van der Waals surface area contributed by atoms with Gasteiger partial charge in [-0.3, -0.25) is 4.79 Å². The first-order chi connectivity index (χ1) is 15.9. The first-order valence-electron chi connectivity index (χ1n) is 11.5. The standard InChI is InChI=1S/C26H33Cl2N3O3/c1-17(2)22(30-24(33)29-15-18-5-9-20(27)10-6-18)23(32)31-14-13-26(34,25(3,4)16-31)19-7-11-21(28)12-8-19/h5-12,17,22,34H,13-16H2,1-4H3,(H2,29,30,33)/t22-,26?/m1/s1. The van der Waals surface area contributed by atoms with Crippen molar-refractivity contribution in [1.29, 1.82) is 0 Å². The number of nitrogens with one attached hydrogen (secondary N) is 2. The smallest absolute Gasteiger partial charge is 0.315 e. The zero-order valence-corrected chi connectivity index (χ0v) is 21.6. The number of hydrogen-bond acceptors (Lipinski definition) is 3. The monoisotopic (exact) mass is 505 g/mol. The van der Waals surface area contributed by atoms with E-state index < -0.39 is 23.1 Å². The Morgan fingerprint density at radius 1 is 1.03 bits per heavy atom. The molecule has 0 aliphatic carbocycles. The number of urea groups is 1. The zero-order chi connectivity index (χ0) is 25.1. The normalized spacial score (nSPS) is 20.6. The van der Waals surface area contributed by atoms with Crippen molar-refractivity contribution < 1.29 is 14.7 Å². The molecule has 3 N–H and O–H groups in total. The third kappa shape index (κ3) is 5.85. The van der Waals surface area contributed by atoms with Crippen LogP contribution in [-0.2, 0) is 16.9 Å². The number of halogens is 2. The summed E-state index contributed by atoms with van der Waals surface area (Å²) in [4.78, 5) is 27.7. The molecule has 1 saturated heterocycles. The zero-order valence-electron chi connectivity index (χ0n) is 20.1. The SMILES string of the molecule is CC(C)[C@@H](NC(=O)NCc1ccc(Cl)cc1)C(=O)N1CCC(O)(c2ccc(Cl)cc2)C(C)(C)C1. The lowest BCUT2D eigenvalue weighted by Gasteiger charge is -2.51. The van der Waals surface area contributed by atoms with Gasteiger partial charge in [-0.2, -0.15) is 0 Å². The molecule has 1 fully saturated rings. The van der Waals surface area contributed by atoms with E-state index in [-0.39, 0.29) is 11.8 Å². The van der Waals surface area contributed by atoms with Crippen LogP contribution in [0.2, 0.25) is 10.0 Å². The molecule has 1 unspecified atom stereocenters. The number of carbonyl (C=O) groups excluding carboxylic acids is 2. The molecule has 34 heavy (non-hydrogen) atoms. The summed E-state index contributed by atoms with van der Waals surface area (Å²) < 4.78 is 0. The van der Waals surface area contributed by atoms with Crippen molar-refractivity contribution in [2.24, 2.45) is 11.3 Å². The van der Waals surface area contributed by atoms with Gasteiger partial charge in [-0.25, -0.2) is 4.79 Å². The molecular weight excluding hydrogens is 473 g/mol. The van der Waals surface area contributed by atoms with Crippen LogP contribution in [0.1, 0.15) is 45.2 Å². The molecule has 2 atom stereocenters. The fraction of sp³-hybridized carbons (Fsp3) is 0.462. The first kappa shape index (κ1) is 26.3. The Labute approximate surface area is 211 Å². The minimum absolute atomic E-state index is 0.103. The molecule has 1 aliphatic rings. The van der Waals surface area contributed by atoms with Gasteiger partial charge < -0.3 is 20.6 Å². The lowest BCUT2D eigenvalue weighted by Crippen LogP contribution is -2.61. The van der Waals surface area contributed by atoms with Gasteiger partial charge in [0.2, 0.25) is 5.91 Å². The van der Waals surface area contributed by atoms with E-state index in [0.29, 0.717) is 36.1 Å². The summed E-state index contributed by atoms with van der Waals surface area (Å²) in [7, 11) is 0. The van der Waals surface area contributed by atoms with Crippen molar-refractivity contribution in [3.8, 4) is 0 Å². The topological polar surface area (TPSA) is 81.7 Å². The van der Waals surface area contributed by atoms with Gasteiger partial charge in [0.15, 0.2) is 0 Å². The Hall–Kier alpha value is -2.28. The van der Waals surface area contributed by atoms with Gasteiger partial charge in [0.05, 0.1) is 5.60 Å². The van der Waals surface area contributed by atoms with Gasteiger partial charge in [0.25, 0.3) is 0 Å². The molecule has 184 valence electrons. The molecule has 2 aromatic carbocycles. The van der Waals surface area contributed by atoms with E-state index in [0.717, 1.165) is 11.1 Å². The molecule has 0 saturated carbocycles. The Kier molecular flexibility index (Phi) is 8.17. The summed E-state index contributed by atoms with van der Waals surface area (Å²) in [6.45, 7) is 8.80. The highest BCUT2D eigenvalue weighted by atomic mass is 35.5. The van der Waals surface area contributed by atoms with Gasteiger partial charge in [-0.1, -0.05) is 75.2 Å². The number of amides is 3. The van der Waals surface area contributed by atoms with Gasteiger partial charge in [-0.05, 0) is 47.7 Å². The average Bonchev–Trinajstić information content (AvgIpc) is 2.78. The number of aliphatic hydroxyl groups is 1. The summed E-state index contributed by atoms with van der Waals surface area (Å²) >= 11 is 11.9. The Balaban J connectivity index is 1.65. The highest BCUT2D eigenvalue weighted by Gasteiger charge is 2.50. The third-order valence-electron chi connectivity index (χ3n) is 6.67. The van der Waals surface area contributed by atoms with Gasteiger partial charge >= 0.3 is 6.03 Å². The van der Waals surface area contributed by atoms with Crippen molar-refractivity contribution >= 4 is 35.1 Å². The van der Waals surface area contributed by atoms with E-state index in [4.69, 9.17) is 23.2 Å². The molecule has 0 bridgehead atoms. The third-order valence-corrected chi connectivity index (χ3v) is 7.17. The van der Waals surface area contributed by atoms with Crippen LogP contribution in [0.4, 0.5) is 4.79 Å². The molecule has 0 aromatic heterocycles. The molecule has 2 aromatic rings. The van der Waals surface area contributed by atoms with Crippen LogP contribution in [0.15, 0.2) is 48.5 Å². The number of hydrogen-bond donors (Lipinski definition) is 3. The lowest BCUT2D eigenvalue weighted by atomic mass is 9.66. The van der Waals surface area contributed by atoms with Crippen LogP contribution in [0.25, 0.3) is 0 Å². The second-order valence-electron chi connectivity index (χ2n) is 9.94. The molecule has 6 nitrogen and oxygen atoms in total. The van der Waals surface area contributed by atoms with Crippen LogP contribution < -0.4 is 10.6 Å². The highest BCUT2D eigenvalue weighted by molar-refractivity contribution is 6.30. The van der Waals surface area contributed by atoms with Crippen molar-refractivity contribution in [2.45, 2.75) is 52.3 Å². The second kappa shape index (κ2) is 10.5. The molecule has 0 spiro atoms. The van der Waals surface area contributed by atoms with E-state index in [9.17, 15) is 14.7 Å². The maximum Gasteiger partial charge on any atom is 0.315 e. The minimum atomic E-state index is -1.09. The van der Waals surface area contributed by atoms with Gasteiger partial charge in [-0.15, -0.1) is 0 Å². The average molecular weight is 506 g/mol. The van der Waals surface area contributed by atoms with E-state index in [1.165, 1.54) is 0 Å². The second-order valence-corrected chi connectivity index (χ2v) is 10.8. The van der Waals surface area contributed by atoms with Gasteiger partial charge in [0.1, 0.15) is 6.04 Å². The van der Waals surface area contributed by atoms with Crippen LogP contribution in [-0.4, -0.2) is 41.1 Å². The molecule has 3 amide bonds. The van der Waals surface area contributed by atoms with Crippen LogP contribution in [0, 0.1) is 11.3 Å². The number of piperidine rings is 1. The summed E-state index contributed by atoms with van der Waals surface area (Å²) in [5, 5.41) is 18.5. The first-order valence-corrected chi connectivity index (χ1v) is 12.2. The minimum Gasteiger partial charge on any atom is -0.384 e. The maximum absolute atomic E-state index is 13.4. The van der Waals surface area contributed by atoms with E-state index in [1.54, 1.807) is 29.2 Å². The van der Waals surface area contributed by atoms with E-state index in [2.05, 4.69) is 10.6 Å². The molecular formula is C26H33Cl2N3O3. The Morgan fingerprint density at radius 3 is 2.12 bits per heavy atom. The molecule has 8 heteroatoms.